The predicted octanol–water partition coefficient (Wildman–Crippen LogP) is 4.83. The van der Waals surface area contributed by atoms with Crippen LogP contribution in [0.25, 0.3) is 0 Å². The molecular formula is C16H20BrNOS. The van der Waals surface area contributed by atoms with Crippen molar-refractivity contribution in [3.8, 4) is 5.75 Å². The molecule has 0 saturated heterocycles. The zero-order valence-corrected chi connectivity index (χ0v) is 14.7. The summed E-state index contributed by atoms with van der Waals surface area (Å²) in [6.07, 6.45) is 0. The van der Waals surface area contributed by atoms with Gasteiger partial charge in [-0.3, -0.25) is 0 Å². The first-order valence-electron chi connectivity index (χ1n) is 6.69. The lowest BCUT2D eigenvalue weighted by atomic mass is 10.0. The van der Waals surface area contributed by atoms with E-state index in [0.717, 1.165) is 16.8 Å². The van der Waals surface area contributed by atoms with E-state index in [9.17, 15) is 0 Å². The molecule has 20 heavy (non-hydrogen) atoms. The number of aryl methyl sites for hydroxylation is 2. The highest BCUT2D eigenvalue weighted by Gasteiger charge is 2.21. The van der Waals surface area contributed by atoms with Crippen LogP contribution in [0.4, 0.5) is 0 Å². The summed E-state index contributed by atoms with van der Waals surface area (Å²) >= 11 is 5.42. The van der Waals surface area contributed by atoms with E-state index in [1.165, 1.54) is 21.6 Å². The van der Waals surface area contributed by atoms with E-state index in [1.807, 2.05) is 0 Å². The van der Waals surface area contributed by atoms with Crippen LogP contribution in [0.3, 0.4) is 0 Å². The Labute approximate surface area is 133 Å². The van der Waals surface area contributed by atoms with Crippen LogP contribution in [0.2, 0.25) is 0 Å². The van der Waals surface area contributed by atoms with Crippen LogP contribution in [0.15, 0.2) is 28.1 Å². The Morgan fingerprint density at radius 2 is 2.05 bits per heavy atom. The Morgan fingerprint density at radius 3 is 2.60 bits per heavy atom. The van der Waals surface area contributed by atoms with Gasteiger partial charge in [-0.15, -0.1) is 11.3 Å². The van der Waals surface area contributed by atoms with Crippen molar-refractivity contribution in [1.29, 1.82) is 0 Å². The summed E-state index contributed by atoms with van der Waals surface area (Å²) in [5.41, 5.74) is 3.68. The minimum absolute atomic E-state index is 0.173. The second kappa shape index (κ2) is 6.74. The summed E-state index contributed by atoms with van der Waals surface area (Å²) in [4.78, 5) is 1.35. The van der Waals surface area contributed by atoms with E-state index in [4.69, 9.17) is 4.74 Å². The van der Waals surface area contributed by atoms with Crippen molar-refractivity contribution in [1.82, 2.24) is 5.32 Å². The van der Waals surface area contributed by atoms with Crippen LogP contribution >= 0.6 is 27.3 Å². The van der Waals surface area contributed by atoms with Gasteiger partial charge in [-0.2, -0.15) is 0 Å². The molecule has 108 valence electrons. The summed E-state index contributed by atoms with van der Waals surface area (Å²) in [6, 6.07) is 6.60. The molecule has 2 rings (SSSR count). The van der Waals surface area contributed by atoms with Crippen molar-refractivity contribution in [3.63, 3.8) is 0 Å². The fourth-order valence-electron chi connectivity index (χ4n) is 2.30. The van der Waals surface area contributed by atoms with Crippen LogP contribution in [0.1, 0.15) is 34.5 Å². The SMILES string of the molecule is CCNC(c1cc(Br)c(C)cc1OC)c1sccc1C. The van der Waals surface area contributed by atoms with Crippen LogP contribution in [-0.2, 0) is 0 Å². The Kier molecular flexibility index (Phi) is 5.24. The molecule has 0 amide bonds. The van der Waals surface area contributed by atoms with Gasteiger partial charge in [-0.25, -0.2) is 0 Å². The van der Waals surface area contributed by atoms with Crippen LogP contribution < -0.4 is 10.1 Å². The first kappa shape index (κ1) is 15.5. The van der Waals surface area contributed by atoms with Gasteiger partial charge in [0.1, 0.15) is 5.75 Å². The lowest BCUT2D eigenvalue weighted by molar-refractivity contribution is 0.404. The second-order valence-electron chi connectivity index (χ2n) is 4.80. The topological polar surface area (TPSA) is 21.3 Å². The Bertz CT molecular complexity index is 594. The third kappa shape index (κ3) is 3.08. The maximum absolute atomic E-state index is 5.59. The molecule has 0 aliphatic rings. The van der Waals surface area contributed by atoms with Gasteiger partial charge in [0.05, 0.1) is 13.2 Å². The van der Waals surface area contributed by atoms with Crippen molar-refractivity contribution in [2.24, 2.45) is 0 Å². The van der Waals surface area contributed by atoms with Crippen LogP contribution in [0.5, 0.6) is 5.75 Å². The average molecular weight is 354 g/mol. The number of rotatable bonds is 5. The minimum atomic E-state index is 0.173. The minimum Gasteiger partial charge on any atom is -0.496 e. The fourth-order valence-corrected chi connectivity index (χ4v) is 3.68. The Morgan fingerprint density at radius 1 is 1.30 bits per heavy atom. The number of hydrogen-bond donors (Lipinski definition) is 1. The molecule has 1 atom stereocenters. The molecule has 1 aromatic carbocycles. The van der Waals surface area contributed by atoms with E-state index in [1.54, 1.807) is 18.4 Å². The summed E-state index contributed by atoms with van der Waals surface area (Å²) in [6.45, 7) is 7.28. The van der Waals surface area contributed by atoms with Gasteiger partial charge in [-0.05, 0) is 55.1 Å². The quantitative estimate of drug-likeness (QED) is 0.830. The molecule has 1 heterocycles. The zero-order chi connectivity index (χ0) is 14.7. The summed E-state index contributed by atoms with van der Waals surface area (Å²) in [7, 11) is 1.73. The van der Waals surface area contributed by atoms with Gasteiger partial charge in [0.15, 0.2) is 0 Å². The average Bonchev–Trinajstić information content (AvgIpc) is 2.85. The van der Waals surface area contributed by atoms with Crippen molar-refractivity contribution in [3.05, 3.63) is 49.6 Å². The van der Waals surface area contributed by atoms with Crippen molar-refractivity contribution in [2.75, 3.05) is 13.7 Å². The number of hydrogen-bond acceptors (Lipinski definition) is 3. The van der Waals surface area contributed by atoms with Gasteiger partial charge >= 0.3 is 0 Å². The van der Waals surface area contributed by atoms with E-state index < -0.39 is 0 Å². The lowest BCUT2D eigenvalue weighted by Crippen LogP contribution is -2.22. The molecule has 0 saturated carbocycles. The molecule has 1 unspecified atom stereocenters. The molecule has 1 aromatic heterocycles. The third-order valence-corrected chi connectivity index (χ3v) is 5.33. The highest BCUT2D eigenvalue weighted by atomic mass is 79.9. The fraction of sp³-hybridized carbons (Fsp3) is 0.375. The summed E-state index contributed by atoms with van der Waals surface area (Å²) < 4.78 is 6.71. The standard InChI is InChI=1S/C16H20BrNOS/c1-5-18-15(16-10(2)6-7-20-16)12-9-13(17)11(3)8-14(12)19-4/h6-9,15,18H,5H2,1-4H3. The van der Waals surface area contributed by atoms with Crippen LogP contribution in [-0.4, -0.2) is 13.7 Å². The number of nitrogens with one attached hydrogen (secondary N) is 1. The highest BCUT2D eigenvalue weighted by molar-refractivity contribution is 9.10. The number of ether oxygens (including phenoxy) is 1. The zero-order valence-electron chi connectivity index (χ0n) is 12.3. The number of halogens is 1. The van der Waals surface area contributed by atoms with Gasteiger partial charge in [0.2, 0.25) is 0 Å². The van der Waals surface area contributed by atoms with Crippen molar-refractivity contribution in [2.45, 2.75) is 26.8 Å². The molecule has 1 N–H and O–H groups in total. The first-order valence-corrected chi connectivity index (χ1v) is 8.37. The number of methoxy groups -OCH3 is 1. The molecule has 0 fully saturated rings. The van der Waals surface area contributed by atoms with E-state index in [0.29, 0.717) is 0 Å². The van der Waals surface area contributed by atoms with Crippen molar-refractivity contribution < 1.29 is 4.74 Å². The van der Waals surface area contributed by atoms with Gasteiger partial charge in [0, 0.05) is 14.9 Å². The monoisotopic (exact) mass is 353 g/mol. The van der Waals surface area contributed by atoms with E-state index >= 15 is 0 Å². The lowest BCUT2D eigenvalue weighted by Gasteiger charge is -2.21. The predicted molar refractivity (Wildman–Crippen MR) is 90.0 cm³/mol. The molecule has 2 aromatic rings. The maximum atomic E-state index is 5.59. The molecule has 0 aliphatic carbocycles. The normalized spacial score (nSPS) is 12.4. The second-order valence-corrected chi connectivity index (χ2v) is 6.60. The molecular weight excluding hydrogens is 334 g/mol. The summed E-state index contributed by atoms with van der Waals surface area (Å²) in [5.74, 6) is 0.935. The smallest absolute Gasteiger partial charge is 0.124 e. The number of benzene rings is 1. The summed E-state index contributed by atoms with van der Waals surface area (Å²) in [5, 5.41) is 5.72. The van der Waals surface area contributed by atoms with Gasteiger partial charge < -0.3 is 10.1 Å². The molecule has 2 nitrogen and oxygen atoms in total. The Balaban J connectivity index is 2.55. The first-order chi connectivity index (χ1) is 9.58. The Hall–Kier alpha value is -0.840. The largest absolute Gasteiger partial charge is 0.496 e. The van der Waals surface area contributed by atoms with Crippen LogP contribution in [0, 0.1) is 13.8 Å². The molecule has 0 bridgehead atoms. The maximum Gasteiger partial charge on any atom is 0.124 e. The third-order valence-electron chi connectivity index (χ3n) is 3.39. The van der Waals surface area contributed by atoms with E-state index in [-0.39, 0.29) is 6.04 Å². The highest BCUT2D eigenvalue weighted by Crippen LogP contribution is 2.37. The van der Waals surface area contributed by atoms with Gasteiger partial charge in [0.25, 0.3) is 0 Å². The van der Waals surface area contributed by atoms with Crippen molar-refractivity contribution >= 4 is 27.3 Å². The van der Waals surface area contributed by atoms with Gasteiger partial charge in [-0.1, -0.05) is 22.9 Å². The number of thiophene rings is 1. The molecule has 4 heteroatoms. The molecule has 0 spiro atoms. The molecule has 0 radical (unpaired) electrons. The molecule has 0 aliphatic heterocycles. The van der Waals surface area contributed by atoms with E-state index in [2.05, 4.69) is 65.6 Å².